The molecular formula is C14H18O3. The summed E-state index contributed by atoms with van der Waals surface area (Å²) in [4.78, 5) is 21.9. The van der Waals surface area contributed by atoms with Gasteiger partial charge in [0.25, 0.3) is 0 Å². The smallest absolute Gasteiger partial charge is 0.304 e. The van der Waals surface area contributed by atoms with E-state index in [0.29, 0.717) is 6.42 Å². The van der Waals surface area contributed by atoms with Gasteiger partial charge in [0.2, 0.25) is 0 Å². The molecule has 1 N–H and O–H groups in total. The lowest BCUT2D eigenvalue weighted by Crippen LogP contribution is -2.16. The van der Waals surface area contributed by atoms with Gasteiger partial charge >= 0.3 is 5.97 Å². The van der Waals surface area contributed by atoms with Crippen LogP contribution in [-0.4, -0.2) is 16.9 Å². The van der Waals surface area contributed by atoms with E-state index in [1.165, 1.54) is 12.5 Å². The molecule has 0 unspecified atom stereocenters. The van der Waals surface area contributed by atoms with Crippen LogP contribution >= 0.6 is 0 Å². The zero-order chi connectivity index (χ0) is 12.8. The van der Waals surface area contributed by atoms with Gasteiger partial charge in [0.1, 0.15) is 5.78 Å². The molecule has 1 rings (SSSR count). The summed E-state index contributed by atoms with van der Waals surface area (Å²) in [6.45, 7) is 3.48. The minimum absolute atomic E-state index is 0.0421. The van der Waals surface area contributed by atoms with Gasteiger partial charge in [0, 0.05) is 5.92 Å². The van der Waals surface area contributed by atoms with Gasteiger partial charge in [-0.1, -0.05) is 29.8 Å². The number of benzene rings is 1. The minimum atomic E-state index is -0.908. The minimum Gasteiger partial charge on any atom is -0.481 e. The van der Waals surface area contributed by atoms with Crippen LogP contribution in [0.5, 0.6) is 0 Å². The number of hydrogen-bond donors (Lipinski definition) is 1. The van der Waals surface area contributed by atoms with Crippen LogP contribution in [0.4, 0.5) is 0 Å². The Kier molecular flexibility index (Phi) is 4.88. The van der Waals surface area contributed by atoms with Crippen molar-refractivity contribution in [1.29, 1.82) is 0 Å². The molecule has 0 saturated heterocycles. The van der Waals surface area contributed by atoms with Crippen molar-refractivity contribution in [2.24, 2.45) is 5.92 Å². The fourth-order valence-electron chi connectivity index (χ4n) is 1.76. The molecule has 0 heterocycles. The van der Waals surface area contributed by atoms with E-state index in [1.54, 1.807) is 0 Å². The van der Waals surface area contributed by atoms with Gasteiger partial charge in [-0.25, -0.2) is 0 Å². The molecule has 92 valence electrons. The normalized spacial score (nSPS) is 12.1. The molecule has 0 aliphatic rings. The molecule has 0 spiro atoms. The quantitative estimate of drug-likeness (QED) is 0.823. The predicted molar refractivity (Wildman–Crippen MR) is 65.9 cm³/mol. The van der Waals surface area contributed by atoms with Crippen molar-refractivity contribution in [3.05, 3.63) is 35.4 Å². The summed E-state index contributed by atoms with van der Waals surface area (Å²) in [6.07, 6.45) is 1.28. The van der Waals surface area contributed by atoms with Crippen LogP contribution in [0.25, 0.3) is 0 Å². The molecule has 0 saturated carbocycles. The number of carbonyl (C=O) groups excluding carboxylic acids is 1. The highest BCUT2D eigenvalue weighted by molar-refractivity contribution is 5.82. The Morgan fingerprint density at radius 3 is 2.29 bits per heavy atom. The third kappa shape index (κ3) is 4.81. The summed E-state index contributed by atoms with van der Waals surface area (Å²) in [5.74, 6) is -1.32. The van der Waals surface area contributed by atoms with E-state index in [2.05, 4.69) is 0 Å². The van der Waals surface area contributed by atoms with Crippen molar-refractivity contribution >= 4 is 11.8 Å². The first kappa shape index (κ1) is 13.4. The maximum atomic E-state index is 11.3. The summed E-state index contributed by atoms with van der Waals surface area (Å²) in [7, 11) is 0. The lowest BCUT2D eigenvalue weighted by atomic mass is 9.93. The van der Waals surface area contributed by atoms with Crippen molar-refractivity contribution in [2.45, 2.75) is 33.1 Å². The SMILES string of the molecule is CC(=O)[C@H](CCc1ccc(C)cc1)CC(=O)O. The Balaban J connectivity index is 2.54. The van der Waals surface area contributed by atoms with Crippen molar-refractivity contribution in [3.8, 4) is 0 Å². The average Bonchev–Trinajstić information content (AvgIpc) is 2.25. The van der Waals surface area contributed by atoms with Crippen molar-refractivity contribution in [3.63, 3.8) is 0 Å². The van der Waals surface area contributed by atoms with Crippen LogP contribution in [0.2, 0.25) is 0 Å². The van der Waals surface area contributed by atoms with Gasteiger partial charge in [-0.3, -0.25) is 9.59 Å². The second-order valence-electron chi connectivity index (χ2n) is 4.43. The summed E-state index contributed by atoms with van der Waals surface area (Å²) in [6, 6.07) is 8.09. The summed E-state index contributed by atoms with van der Waals surface area (Å²) >= 11 is 0. The Bertz CT molecular complexity index is 392. The predicted octanol–water partition coefficient (Wildman–Crippen LogP) is 2.61. The first-order chi connectivity index (χ1) is 7.99. The van der Waals surface area contributed by atoms with Crippen molar-refractivity contribution in [2.75, 3.05) is 0 Å². The molecule has 1 aromatic carbocycles. The molecule has 17 heavy (non-hydrogen) atoms. The van der Waals surface area contributed by atoms with E-state index in [9.17, 15) is 9.59 Å². The van der Waals surface area contributed by atoms with E-state index in [4.69, 9.17) is 5.11 Å². The van der Waals surface area contributed by atoms with E-state index in [0.717, 1.165) is 12.0 Å². The number of carboxylic acid groups (broad SMARTS) is 1. The van der Waals surface area contributed by atoms with Gasteiger partial charge in [-0.05, 0) is 32.3 Å². The Morgan fingerprint density at radius 1 is 1.24 bits per heavy atom. The topological polar surface area (TPSA) is 54.4 Å². The molecule has 0 radical (unpaired) electrons. The zero-order valence-corrected chi connectivity index (χ0v) is 10.3. The van der Waals surface area contributed by atoms with E-state index >= 15 is 0 Å². The van der Waals surface area contributed by atoms with Gasteiger partial charge < -0.3 is 5.11 Å². The number of rotatable bonds is 6. The second-order valence-corrected chi connectivity index (χ2v) is 4.43. The number of carbonyl (C=O) groups is 2. The number of hydrogen-bond acceptors (Lipinski definition) is 2. The number of Topliss-reactive ketones (excluding diaryl/α,β-unsaturated/α-hetero) is 1. The van der Waals surface area contributed by atoms with Crippen LogP contribution < -0.4 is 0 Å². The largest absolute Gasteiger partial charge is 0.481 e. The lowest BCUT2D eigenvalue weighted by Gasteiger charge is -2.11. The monoisotopic (exact) mass is 234 g/mol. The second kappa shape index (κ2) is 6.18. The first-order valence-electron chi connectivity index (χ1n) is 5.77. The number of aryl methyl sites for hydroxylation is 2. The molecule has 3 nitrogen and oxygen atoms in total. The van der Waals surface area contributed by atoms with Crippen LogP contribution in [0.1, 0.15) is 30.9 Å². The highest BCUT2D eigenvalue weighted by Gasteiger charge is 2.17. The number of carboxylic acids is 1. The summed E-state index contributed by atoms with van der Waals surface area (Å²) in [5, 5.41) is 8.71. The Morgan fingerprint density at radius 2 is 1.82 bits per heavy atom. The molecule has 3 heteroatoms. The van der Waals surface area contributed by atoms with Crippen LogP contribution in [0, 0.1) is 12.8 Å². The van der Waals surface area contributed by atoms with Crippen molar-refractivity contribution in [1.82, 2.24) is 0 Å². The first-order valence-corrected chi connectivity index (χ1v) is 5.77. The van der Waals surface area contributed by atoms with Crippen LogP contribution in [-0.2, 0) is 16.0 Å². The fraction of sp³-hybridized carbons (Fsp3) is 0.429. The standard InChI is InChI=1S/C14H18O3/c1-10-3-5-12(6-4-10)7-8-13(11(2)15)9-14(16)17/h3-6,13H,7-9H2,1-2H3,(H,16,17)/t13-/m1/s1. The lowest BCUT2D eigenvalue weighted by molar-refractivity contribution is -0.140. The van der Waals surface area contributed by atoms with Crippen LogP contribution in [0.3, 0.4) is 0 Å². The summed E-state index contributed by atoms with van der Waals surface area (Å²) in [5.41, 5.74) is 2.34. The van der Waals surface area contributed by atoms with Gasteiger partial charge in [-0.15, -0.1) is 0 Å². The third-order valence-corrected chi connectivity index (χ3v) is 2.90. The number of ketones is 1. The third-order valence-electron chi connectivity index (χ3n) is 2.90. The molecule has 0 aliphatic carbocycles. The van der Waals surface area contributed by atoms with E-state index in [1.807, 2.05) is 31.2 Å². The molecule has 0 bridgehead atoms. The van der Waals surface area contributed by atoms with E-state index in [-0.39, 0.29) is 18.1 Å². The molecule has 1 aromatic rings. The van der Waals surface area contributed by atoms with Gasteiger partial charge in [0.15, 0.2) is 0 Å². The zero-order valence-electron chi connectivity index (χ0n) is 10.3. The fourth-order valence-corrected chi connectivity index (χ4v) is 1.76. The molecule has 0 aliphatic heterocycles. The molecule has 0 amide bonds. The maximum absolute atomic E-state index is 11.3. The van der Waals surface area contributed by atoms with Crippen molar-refractivity contribution < 1.29 is 14.7 Å². The molecular weight excluding hydrogens is 216 g/mol. The highest BCUT2D eigenvalue weighted by Crippen LogP contribution is 2.15. The average molecular weight is 234 g/mol. The van der Waals surface area contributed by atoms with Crippen LogP contribution in [0.15, 0.2) is 24.3 Å². The Hall–Kier alpha value is -1.64. The molecule has 0 fully saturated rings. The maximum Gasteiger partial charge on any atom is 0.304 e. The van der Waals surface area contributed by atoms with E-state index < -0.39 is 5.97 Å². The molecule has 0 aromatic heterocycles. The summed E-state index contributed by atoms with van der Waals surface area (Å²) < 4.78 is 0. The molecule has 1 atom stereocenters. The highest BCUT2D eigenvalue weighted by atomic mass is 16.4. The van der Waals surface area contributed by atoms with Gasteiger partial charge in [0.05, 0.1) is 6.42 Å². The number of aliphatic carboxylic acids is 1. The van der Waals surface area contributed by atoms with Gasteiger partial charge in [-0.2, -0.15) is 0 Å². The Labute approximate surface area is 101 Å².